The van der Waals surface area contributed by atoms with Crippen molar-refractivity contribution in [3.63, 3.8) is 0 Å². The zero-order chi connectivity index (χ0) is 21.5. The van der Waals surface area contributed by atoms with Gasteiger partial charge in [-0.05, 0) is 40.8 Å². The molecule has 156 valence electrons. The number of benzene rings is 2. The van der Waals surface area contributed by atoms with Crippen LogP contribution in [0.3, 0.4) is 0 Å². The van der Waals surface area contributed by atoms with Gasteiger partial charge in [-0.1, -0.05) is 48.0 Å². The summed E-state index contributed by atoms with van der Waals surface area (Å²) in [4.78, 5) is 29.5. The van der Waals surface area contributed by atoms with E-state index in [-0.39, 0.29) is 11.9 Å². The Bertz CT molecular complexity index is 1380. The normalized spacial score (nSPS) is 16.5. The third-order valence-electron chi connectivity index (χ3n) is 6.16. The maximum atomic E-state index is 12.9. The lowest BCUT2D eigenvalue weighted by Gasteiger charge is -2.17. The van der Waals surface area contributed by atoms with Crippen LogP contribution in [0.5, 0.6) is 0 Å². The number of hydrogen-bond donors (Lipinski definition) is 2. The third-order valence-corrected chi connectivity index (χ3v) is 6.16. The van der Waals surface area contributed by atoms with Crippen molar-refractivity contribution in [3.8, 4) is 22.5 Å². The molecule has 0 fully saturated rings. The molecule has 6 rings (SSSR count). The molecule has 4 aromatic rings. The number of aliphatic imine (C=N–C) groups is 1. The lowest BCUT2D eigenvalue weighted by atomic mass is 9.98. The summed E-state index contributed by atoms with van der Waals surface area (Å²) < 4.78 is 0. The number of rotatable bonds is 4. The highest BCUT2D eigenvalue weighted by Gasteiger charge is 2.32. The minimum absolute atomic E-state index is 0.0272. The number of aromatic amines is 1. The topological polar surface area (TPSA) is 83.0 Å². The number of nitrogens with zero attached hydrogens (tertiary/aromatic N) is 3. The number of carbonyl (C=O) groups excluding carboxylic acids is 1. The van der Waals surface area contributed by atoms with Crippen molar-refractivity contribution < 1.29 is 4.79 Å². The van der Waals surface area contributed by atoms with Crippen LogP contribution >= 0.6 is 0 Å². The predicted octanol–water partition coefficient (Wildman–Crippen LogP) is 4.60. The van der Waals surface area contributed by atoms with Crippen LogP contribution in [0.4, 0.5) is 0 Å². The fraction of sp³-hybridized carbons (Fsp3) is 0.154. The Balaban J connectivity index is 1.41. The molecule has 1 unspecified atom stereocenters. The SMILES string of the molecule is O=C(CC1=CC=NCC1)NC1c2ccccc2-c2c(-c3nc4ccncc4[nH]3)cccc21. The van der Waals surface area contributed by atoms with E-state index < -0.39 is 0 Å². The molecule has 1 atom stereocenters. The van der Waals surface area contributed by atoms with Crippen molar-refractivity contribution in [3.05, 3.63) is 83.7 Å². The highest BCUT2D eigenvalue weighted by Crippen LogP contribution is 2.47. The van der Waals surface area contributed by atoms with Crippen LogP contribution in [0.25, 0.3) is 33.5 Å². The zero-order valence-corrected chi connectivity index (χ0v) is 17.4. The van der Waals surface area contributed by atoms with E-state index in [4.69, 9.17) is 4.98 Å². The number of amides is 1. The molecular weight excluding hydrogens is 398 g/mol. The summed E-state index contributed by atoms with van der Waals surface area (Å²) in [7, 11) is 0. The molecule has 0 saturated heterocycles. The predicted molar refractivity (Wildman–Crippen MR) is 125 cm³/mol. The number of fused-ring (bicyclic) bond motifs is 4. The van der Waals surface area contributed by atoms with E-state index in [1.165, 1.54) is 0 Å². The van der Waals surface area contributed by atoms with Gasteiger partial charge in [-0.25, -0.2) is 4.98 Å². The summed E-state index contributed by atoms with van der Waals surface area (Å²) in [6.07, 6.45) is 8.52. The molecule has 0 saturated carbocycles. The van der Waals surface area contributed by atoms with Crippen molar-refractivity contribution in [1.29, 1.82) is 0 Å². The molecule has 2 aliphatic rings. The number of allylic oxidation sites excluding steroid dienone is 1. The van der Waals surface area contributed by atoms with Gasteiger partial charge in [0.25, 0.3) is 0 Å². The highest BCUT2D eigenvalue weighted by molar-refractivity contribution is 5.93. The molecule has 2 N–H and O–H groups in total. The van der Waals surface area contributed by atoms with Crippen molar-refractivity contribution in [2.24, 2.45) is 4.99 Å². The number of pyridine rings is 1. The number of dihydropyridines is 1. The fourth-order valence-corrected chi connectivity index (χ4v) is 4.68. The number of hydrogen-bond acceptors (Lipinski definition) is 4. The molecule has 1 aliphatic carbocycles. The van der Waals surface area contributed by atoms with E-state index in [9.17, 15) is 4.79 Å². The quantitative estimate of drug-likeness (QED) is 0.507. The second kappa shape index (κ2) is 7.57. The second-order valence-corrected chi connectivity index (χ2v) is 8.14. The maximum Gasteiger partial charge on any atom is 0.224 e. The lowest BCUT2D eigenvalue weighted by Crippen LogP contribution is -2.28. The van der Waals surface area contributed by atoms with Crippen LogP contribution < -0.4 is 5.32 Å². The molecule has 1 amide bonds. The van der Waals surface area contributed by atoms with E-state index in [1.807, 2.05) is 30.3 Å². The first kappa shape index (κ1) is 18.7. The number of carbonyl (C=O) groups is 1. The number of imidazole rings is 1. The van der Waals surface area contributed by atoms with E-state index in [1.54, 1.807) is 18.6 Å². The first-order valence-corrected chi connectivity index (χ1v) is 10.8. The minimum atomic E-state index is -0.183. The van der Waals surface area contributed by atoms with Gasteiger partial charge in [-0.2, -0.15) is 0 Å². The third kappa shape index (κ3) is 3.12. The van der Waals surface area contributed by atoms with Crippen LogP contribution in [0.1, 0.15) is 30.0 Å². The summed E-state index contributed by atoms with van der Waals surface area (Å²) in [6, 6.07) is 16.2. The molecule has 0 radical (unpaired) electrons. The number of nitrogens with one attached hydrogen (secondary N) is 2. The van der Waals surface area contributed by atoms with Crippen LogP contribution in [0.2, 0.25) is 0 Å². The van der Waals surface area contributed by atoms with Gasteiger partial charge in [0.2, 0.25) is 5.91 Å². The minimum Gasteiger partial charge on any atom is -0.345 e. The van der Waals surface area contributed by atoms with Gasteiger partial charge in [-0.15, -0.1) is 0 Å². The van der Waals surface area contributed by atoms with Gasteiger partial charge < -0.3 is 10.3 Å². The Morgan fingerprint density at radius 1 is 1.06 bits per heavy atom. The Kier molecular flexibility index (Phi) is 4.42. The Morgan fingerprint density at radius 2 is 1.94 bits per heavy atom. The average molecular weight is 419 g/mol. The summed E-state index contributed by atoms with van der Waals surface area (Å²) in [5.41, 5.74) is 8.38. The van der Waals surface area contributed by atoms with Crippen LogP contribution in [-0.4, -0.2) is 33.6 Å². The molecule has 3 heterocycles. The van der Waals surface area contributed by atoms with Crippen molar-refractivity contribution in [1.82, 2.24) is 20.3 Å². The second-order valence-electron chi connectivity index (χ2n) is 8.14. The molecular formula is C26H21N5O. The Labute approximate surface area is 185 Å². The Hall–Kier alpha value is -4.06. The van der Waals surface area contributed by atoms with E-state index in [0.29, 0.717) is 6.42 Å². The summed E-state index contributed by atoms with van der Waals surface area (Å²) >= 11 is 0. The molecule has 6 nitrogen and oxygen atoms in total. The summed E-state index contributed by atoms with van der Waals surface area (Å²) in [5.74, 6) is 0.831. The standard InChI is InChI=1S/C26H21N5O/c32-23(14-16-8-11-27-12-9-16)31-25-18-5-2-1-4-17(18)24-19(25)6-3-7-20(24)26-29-21-10-13-28-15-22(21)30-26/h1-8,10-11,13,15,25H,9,12,14H2,(H,29,30)(H,31,32). The van der Waals surface area contributed by atoms with Gasteiger partial charge in [-0.3, -0.25) is 14.8 Å². The van der Waals surface area contributed by atoms with E-state index in [0.717, 1.165) is 63.2 Å². The number of aromatic nitrogens is 3. The van der Waals surface area contributed by atoms with Crippen molar-refractivity contribution >= 4 is 23.2 Å². The van der Waals surface area contributed by atoms with Crippen molar-refractivity contribution in [2.45, 2.75) is 18.9 Å². The molecule has 0 bridgehead atoms. The van der Waals surface area contributed by atoms with Gasteiger partial charge in [0, 0.05) is 30.9 Å². The molecule has 1 aliphatic heterocycles. The first-order valence-electron chi connectivity index (χ1n) is 10.8. The highest BCUT2D eigenvalue weighted by atomic mass is 16.1. The van der Waals surface area contributed by atoms with E-state index >= 15 is 0 Å². The van der Waals surface area contributed by atoms with Gasteiger partial charge in [0.05, 0.1) is 23.3 Å². The van der Waals surface area contributed by atoms with Crippen LogP contribution in [0, 0.1) is 0 Å². The monoisotopic (exact) mass is 419 g/mol. The van der Waals surface area contributed by atoms with Gasteiger partial charge in [0.15, 0.2) is 0 Å². The van der Waals surface area contributed by atoms with Gasteiger partial charge in [0.1, 0.15) is 5.82 Å². The van der Waals surface area contributed by atoms with Crippen LogP contribution in [0.15, 0.2) is 77.6 Å². The maximum absolute atomic E-state index is 12.9. The summed E-state index contributed by atoms with van der Waals surface area (Å²) in [5, 5.41) is 3.28. The van der Waals surface area contributed by atoms with Gasteiger partial charge >= 0.3 is 0 Å². The smallest absolute Gasteiger partial charge is 0.224 e. The molecule has 0 spiro atoms. The van der Waals surface area contributed by atoms with Crippen LogP contribution in [-0.2, 0) is 4.79 Å². The summed E-state index contributed by atoms with van der Waals surface area (Å²) in [6.45, 7) is 0.755. The molecule has 6 heteroatoms. The lowest BCUT2D eigenvalue weighted by molar-refractivity contribution is -0.120. The van der Waals surface area contributed by atoms with Crippen molar-refractivity contribution in [2.75, 3.05) is 6.54 Å². The molecule has 2 aromatic heterocycles. The zero-order valence-electron chi connectivity index (χ0n) is 17.4. The first-order chi connectivity index (χ1) is 15.8. The fourth-order valence-electron chi connectivity index (χ4n) is 4.68. The number of H-pyrrole nitrogens is 1. The molecule has 2 aromatic carbocycles. The largest absolute Gasteiger partial charge is 0.345 e. The molecule has 32 heavy (non-hydrogen) atoms. The Morgan fingerprint density at radius 3 is 2.81 bits per heavy atom. The average Bonchev–Trinajstić information content (AvgIpc) is 3.40. The van der Waals surface area contributed by atoms with E-state index in [2.05, 4.69) is 44.5 Å².